The van der Waals surface area contributed by atoms with Crippen molar-refractivity contribution in [3.05, 3.63) is 102 Å². The highest BCUT2D eigenvalue weighted by molar-refractivity contribution is 5.96. The number of hydrogen-bond acceptors (Lipinski definition) is 9. The average Bonchev–Trinajstić information content (AvgIpc) is 3.73. The summed E-state index contributed by atoms with van der Waals surface area (Å²) in [4.78, 5) is 75.0. The summed E-state index contributed by atoms with van der Waals surface area (Å²) in [7, 11) is 2.99. The van der Waals surface area contributed by atoms with E-state index in [-0.39, 0.29) is 37.7 Å². The third kappa shape index (κ3) is 10.6. The van der Waals surface area contributed by atoms with E-state index in [0.29, 0.717) is 59.9 Å². The number of carbonyl (C=O) groups excluding carboxylic acids is 5. The number of carbonyl (C=O) groups is 5. The fourth-order valence-corrected chi connectivity index (χ4v) is 5.84. The molecule has 2 aliphatic rings. The Labute approximate surface area is 313 Å². The van der Waals surface area contributed by atoms with E-state index < -0.39 is 35.7 Å². The number of aromatic amines is 1. The number of hydrogen-bond donors (Lipinski definition) is 5. The quantitative estimate of drug-likeness (QED) is 0.185. The Bertz CT molecular complexity index is 1920. The summed E-state index contributed by atoms with van der Waals surface area (Å²) in [5, 5.41) is 11.2. The van der Waals surface area contributed by atoms with Crippen LogP contribution in [0.25, 0.3) is 0 Å². The van der Waals surface area contributed by atoms with Crippen LogP contribution >= 0.6 is 0 Å². The third-order valence-corrected chi connectivity index (χ3v) is 8.82. The van der Waals surface area contributed by atoms with E-state index >= 15 is 0 Å². The van der Waals surface area contributed by atoms with Crippen molar-refractivity contribution in [1.29, 1.82) is 0 Å². The number of nitrogens with one attached hydrogen (secondary N) is 5. The molecule has 0 radical (unpaired) electrons. The van der Waals surface area contributed by atoms with Crippen LogP contribution in [0.3, 0.4) is 0 Å². The lowest BCUT2D eigenvalue weighted by Gasteiger charge is -2.25. The highest BCUT2D eigenvalue weighted by atomic mass is 16.5. The number of amides is 5. The molecule has 15 heteroatoms. The molecule has 1 aromatic heterocycles. The first-order valence-corrected chi connectivity index (χ1v) is 17.6. The Hall–Kier alpha value is -6.38. The standard InChI is InChI=1S/C39H45N7O8/c1-25-36(48)42-21-28-12-14-29(20-33(28)53-3)54-34-19-27(13-16-32(34)52-2)37(49)41-17-7-8-18-46(39(51)31-22-40-24-43-31)23-35(47)45-30(38(50)44-25)15-11-26-9-5-4-6-10-26/h4-6,9-10,12-14,16,19-20,22,24-25,30H,7-8,11,15,17-18,21,23H2,1-3H3,(H,40,43)(H,41,49)(H,42,48)(H,44,50)(H,45,47)/t25-,30-/m0/s1. The van der Waals surface area contributed by atoms with Crippen molar-refractivity contribution in [3.63, 3.8) is 0 Å². The first-order chi connectivity index (χ1) is 26.1. The number of imidazole rings is 1. The molecule has 2 atom stereocenters. The maximum Gasteiger partial charge on any atom is 0.272 e. The summed E-state index contributed by atoms with van der Waals surface area (Å²) in [6, 6.07) is 17.5. The second kappa shape index (κ2) is 18.9. The van der Waals surface area contributed by atoms with Crippen LogP contribution in [0.2, 0.25) is 0 Å². The van der Waals surface area contributed by atoms with E-state index in [1.807, 2.05) is 30.3 Å². The largest absolute Gasteiger partial charge is 0.496 e. The van der Waals surface area contributed by atoms with Crippen LogP contribution in [0, 0.1) is 0 Å². The van der Waals surface area contributed by atoms with Gasteiger partial charge in [-0.05, 0) is 68.5 Å². The van der Waals surface area contributed by atoms with Crippen LogP contribution in [0.15, 0.2) is 79.3 Å². The van der Waals surface area contributed by atoms with E-state index in [1.54, 1.807) is 43.3 Å². The number of fused-ring (bicyclic) bond motifs is 18. The van der Waals surface area contributed by atoms with Gasteiger partial charge in [0.15, 0.2) is 11.5 Å². The molecule has 0 saturated heterocycles. The van der Waals surface area contributed by atoms with Gasteiger partial charge in [0.25, 0.3) is 11.8 Å². The molecule has 0 saturated carbocycles. The molecular formula is C39H45N7O8. The summed E-state index contributed by atoms with van der Waals surface area (Å²) in [5.74, 6) is -0.798. The molecule has 3 heterocycles. The van der Waals surface area contributed by atoms with Gasteiger partial charge in [-0.25, -0.2) is 4.98 Å². The zero-order chi connectivity index (χ0) is 38.5. The minimum Gasteiger partial charge on any atom is -0.496 e. The molecule has 54 heavy (non-hydrogen) atoms. The molecule has 15 nitrogen and oxygen atoms in total. The predicted molar refractivity (Wildman–Crippen MR) is 198 cm³/mol. The van der Waals surface area contributed by atoms with E-state index in [2.05, 4.69) is 31.2 Å². The second-order valence-corrected chi connectivity index (χ2v) is 12.7. The summed E-state index contributed by atoms with van der Waals surface area (Å²) in [6.45, 7) is 1.77. The van der Waals surface area contributed by atoms with Crippen LogP contribution in [-0.4, -0.2) is 90.3 Å². The Balaban J connectivity index is 1.39. The fourth-order valence-electron chi connectivity index (χ4n) is 5.84. The minimum absolute atomic E-state index is 0.0792. The Morgan fingerprint density at radius 2 is 1.70 bits per heavy atom. The smallest absolute Gasteiger partial charge is 0.272 e. The van der Waals surface area contributed by atoms with Crippen LogP contribution in [-0.2, 0) is 27.3 Å². The molecule has 5 amide bonds. The topological polar surface area (TPSA) is 193 Å². The number of nitrogens with zero attached hydrogens (tertiary/aromatic N) is 2. The van der Waals surface area contributed by atoms with Crippen LogP contribution in [0.1, 0.15) is 58.2 Å². The van der Waals surface area contributed by atoms with Crippen molar-refractivity contribution in [3.8, 4) is 23.0 Å². The molecule has 5 N–H and O–H groups in total. The molecular weight excluding hydrogens is 694 g/mol. The highest BCUT2D eigenvalue weighted by Gasteiger charge is 2.27. The molecule has 284 valence electrons. The first kappa shape index (κ1) is 38.8. The SMILES string of the molecule is COc1cc2ccc1CNC(=O)[C@H](C)NC(=O)[C@H](CCc1ccccc1)NC(=O)CN(C(=O)c1cnc[nH]1)CCCCNC(=O)c1ccc(OC)c(c1)O2. The number of rotatable bonds is 6. The van der Waals surface area contributed by atoms with Crippen molar-refractivity contribution in [1.82, 2.24) is 36.1 Å². The van der Waals surface area contributed by atoms with E-state index in [4.69, 9.17) is 14.2 Å². The third-order valence-electron chi connectivity index (χ3n) is 8.82. The fraction of sp³-hybridized carbons (Fsp3) is 0.333. The predicted octanol–water partition coefficient (Wildman–Crippen LogP) is 3.12. The number of H-pyrrole nitrogens is 1. The molecule has 0 fully saturated rings. The van der Waals surface area contributed by atoms with Gasteiger partial charge in [0.2, 0.25) is 17.7 Å². The van der Waals surface area contributed by atoms with Crippen molar-refractivity contribution >= 4 is 29.5 Å². The number of aromatic nitrogens is 2. The first-order valence-electron chi connectivity index (χ1n) is 17.6. The minimum atomic E-state index is -1.01. The lowest BCUT2D eigenvalue weighted by Crippen LogP contribution is -2.54. The van der Waals surface area contributed by atoms with Crippen LogP contribution in [0.4, 0.5) is 0 Å². The Morgan fingerprint density at radius 3 is 2.44 bits per heavy atom. The van der Waals surface area contributed by atoms with Gasteiger partial charge in [-0.3, -0.25) is 24.0 Å². The van der Waals surface area contributed by atoms with Gasteiger partial charge < -0.3 is 45.4 Å². The number of aryl methyl sites for hydroxylation is 1. The van der Waals surface area contributed by atoms with Gasteiger partial charge >= 0.3 is 0 Å². The maximum atomic E-state index is 13.6. The van der Waals surface area contributed by atoms with E-state index in [9.17, 15) is 24.0 Å². The number of methoxy groups -OCH3 is 2. The molecule has 0 spiro atoms. The van der Waals surface area contributed by atoms with E-state index in [0.717, 1.165) is 5.56 Å². The zero-order valence-corrected chi connectivity index (χ0v) is 30.5. The Kier molecular flexibility index (Phi) is 13.6. The van der Waals surface area contributed by atoms with Crippen molar-refractivity contribution in [2.24, 2.45) is 0 Å². The Morgan fingerprint density at radius 1 is 0.907 bits per heavy atom. The van der Waals surface area contributed by atoms with Crippen molar-refractivity contribution in [2.75, 3.05) is 33.9 Å². The molecule has 6 rings (SSSR count). The number of benzene rings is 3. The summed E-state index contributed by atoms with van der Waals surface area (Å²) in [6.07, 6.45) is 4.39. The average molecular weight is 740 g/mol. The van der Waals surface area contributed by atoms with Gasteiger partial charge in [-0.1, -0.05) is 30.3 Å². The summed E-state index contributed by atoms with van der Waals surface area (Å²) < 4.78 is 17.2. The van der Waals surface area contributed by atoms with Gasteiger partial charge in [-0.15, -0.1) is 0 Å². The van der Waals surface area contributed by atoms with Gasteiger partial charge in [0, 0.05) is 36.8 Å². The van der Waals surface area contributed by atoms with Crippen LogP contribution in [0.5, 0.6) is 23.0 Å². The highest BCUT2D eigenvalue weighted by Crippen LogP contribution is 2.35. The summed E-state index contributed by atoms with van der Waals surface area (Å²) in [5.41, 5.74) is 2.15. The van der Waals surface area contributed by atoms with Crippen molar-refractivity contribution < 1.29 is 38.2 Å². The normalized spacial score (nSPS) is 17.8. The molecule has 3 aromatic carbocycles. The maximum absolute atomic E-state index is 13.6. The molecule has 2 aliphatic heterocycles. The van der Waals surface area contributed by atoms with Crippen LogP contribution < -0.4 is 35.5 Å². The molecule has 0 unspecified atom stereocenters. The molecule has 4 aromatic rings. The van der Waals surface area contributed by atoms with E-state index in [1.165, 1.54) is 31.6 Å². The molecule has 4 bridgehead atoms. The van der Waals surface area contributed by atoms with Crippen molar-refractivity contribution in [2.45, 2.75) is 51.2 Å². The zero-order valence-electron chi connectivity index (χ0n) is 30.5. The van der Waals surface area contributed by atoms with Gasteiger partial charge in [0.05, 0.1) is 33.3 Å². The lowest BCUT2D eigenvalue weighted by molar-refractivity contribution is -0.132. The van der Waals surface area contributed by atoms with Gasteiger partial charge in [0.1, 0.15) is 29.3 Å². The lowest BCUT2D eigenvalue weighted by atomic mass is 10.0. The molecule has 0 aliphatic carbocycles. The second-order valence-electron chi connectivity index (χ2n) is 12.7. The monoisotopic (exact) mass is 739 g/mol. The van der Waals surface area contributed by atoms with Gasteiger partial charge in [-0.2, -0.15) is 0 Å². The summed E-state index contributed by atoms with van der Waals surface area (Å²) >= 11 is 0. The number of ether oxygens (including phenoxy) is 3.